The molecule has 0 fully saturated rings. The second-order valence-electron chi connectivity index (χ2n) is 4.31. The fourth-order valence-corrected chi connectivity index (χ4v) is 2.18. The molecule has 1 heterocycles. The summed E-state index contributed by atoms with van der Waals surface area (Å²) in [6, 6.07) is 6.30. The Morgan fingerprint density at radius 3 is 2.64 bits per heavy atom. The van der Waals surface area contributed by atoms with Gasteiger partial charge in [-0.1, -0.05) is 11.6 Å². The van der Waals surface area contributed by atoms with Gasteiger partial charge in [0.1, 0.15) is 6.07 Å². The summed E-state index contributed by atoms with van der Waals surface area (Å²) in [6.45, 7) is 0. The van der Waals surface area contributed by atoms with Gasteiger partial charge in [-0.3, -0.25) is 4.79 Å². The highest BCUT2D eigenvalue weighted by molar-refractivity contribution is 6.33. The molecule has 1 aromatic carbocycles. The number of benzene rings is 1. The fraction of sp³-hybridized carbons (Fsp3) is 0.0714. The number of methoxy groups -OCH3 is 1. The summed E-state index contributed by atoms with van der Waals surface area (Å²) >= 11 is 5.89. The Morgan fingerprint density at radius 1 is 1.41 bits per heavy atom. The average molecular weight is 319 g/mol. The number of rotatable bonds is 3. The molecule has 0 saturated heterocycles. The Hall–Kier alpha value is -2.98. The molecule has 0 bridgehead atoms. The predicted octanol–water partition coefficient (Wildman–Crippen LogP) is 1.47. The van der Waals surface area contributed by atoms with Gasteiger partial charge in [0.25, 0.3) is 0 Å². The molecule has 1 aromatic heterocycles. The van der Waals surface area contributed by atoms with Crippen molar-refractivity contribution < 1.29 is 14.3 Å². The summed E-state index contributed by atoms with van der Waals surface area (Å²) in [6.07, 6.45) is 1.37. The maximum absolute atomic E-state index is 11.9. The van der Waals surface area contributed by atoms with Crippen LogP contribution in [0.3, 0.4) is 0 Å². The molecular weight excluding hydrogens is 308 g/mol. The van der Waals surface area contributed by atoms with Crippen molar-refractivity contribution in [1.82, 2.24) is 4.57 Å². The van der Waals surface area contributed by atoms with E-state index < -0.39 is 11.9 Å². The Bertz CT molecular complexity index is 820. The van der Waals surface area contributed by atoms with Gasteiger partial charge in [-0.15, -0.1) is 0 Å². The number of halogens is 1. The first-order valence-corrected chi connectivity index (χ1v) is 6.37. The lowest BCUT2D eigenvalue weighted by molar-refractivity contribution is 0.0593. The third-order valence-corrected chi connectivity index (χ3v) is 3.37. The Labute approximate surface area is 130 Å². The topological polar surface area (TPSA) is 124 Å². The van der Waals surface area contributed by atoms with Crippen LogP contribution in [0.4, 0.5) is 5.69 Å². The first-order valence-electron chi connectivity index (χ1n) is 5.99. The first-order chi connectivity index (χ1) is 10.4. The maximum Gasteiger partial charge on any atom is 0.357 e. The number of anilines is 1. The second-order valence-corrected chi connectivity index (χ2v) is 4.71. The Morgan fingerprint density at radius 2 is 2.09 bits per heavy atom. The second kappa shape index (κ2) is 5.79. The molecule has 112 valence electrons. The number of aromatic nitrogens is 1. The summed E-state index contributed by atoms with van der Waals surface area (Å²) in [5, 5.41) is 9.23. The number of esters is 1. The zero-order valence-corrected chi connectivity index (χ0v) is 12.2. The monoisotopic (exact) mass is 318 g/mol. The number of nitrogen functional groups attached to an aromatic ring is 1. The Balaban J connectivity index is 2.73. The third-order valence-electron chi connectivity index (χ3n) is 3.04. The van der Waals surface area contributed by atoms with Crippen LogP contribution in [-0.2, 0) is 4.74 Å². The van der Waals surface area contributed by atoms with Crippen LogP contribution in [-0.4, -0.2) is 23.6 Å². The summed E-state index contributed by atoms with van der Waals surface area (Å²) in [5.74, 6) is -1.43. The molecule has 4 N–H and O–H groups in total. The molecule has 7 nitrogen and oxygen atoms in total. The molecular formula is C14H11ClN4O3. The predicted molar refractivity (Wildman–Crippen MR) is 79.8 cm³/mol. The van der Waals surface area contributed by atoms with Gasteiger partial charge in [0.05, 0.1) is 28.9 Å². The normalized spacial score (nSPS) is 10.0. The van der Waals surface area contributed by atoms with Crippen LogP contribution in [0.15, 0.2) is 24.4 Å². The molecule has 0 saturated carbocycles. The van der Waals surface area contributed by atoms with E-state index in [0.717, 1.165) is 0 Å². The Kier molecular flexibility index (Phi) is 4.06. The number of hydrogen-bond acceptors (Lipinski definition) is 5. The zero-order chi connectivity index (χ0) is 16.4. The van der Waals surface area contributed by atoms with Gasteiger partial charge in [-0.05, 0) is 18.2 Å². The quantitative estimate of drug-likeness (QED) is 0.829. The molecule has 0 unspecified atom stereocenters. The number of nitrogens with zero attached hydrogens (tertiary/aromatic N) is 2. The summed E-state index contributed by atoms with van der Waals surface area (Å²) in [5.41, 5.74) is 11.6. The van der Waals surface area contributed by atoms with Crippen molar-refractivity contribution >= 4 is 29.2 Å². The molecule has 2 rings (SSSR count). The van der Waals surface area contributed by atoms with E-state index in [0.29, 0.717) is 5.69 Å². The number of nitriles is 1. The first kappa shape index (κ1) is 15.4. The van der Waals surface area contributed by atoms with Gasteiger partial charge in [-0.2, -0.15) is 5.26 Å². The van der Waals surface area contributed by atoms with Crippen LogP contribution in [0.1, 0.15) is 26.4 Å². The number of primary amides is 1. The van der Waals surface area contributed by atoms with Crippen LogP contribution in [0.5, 0.6) is 0 Å². The van der Waals surface area contributed by atoms with Crippen LogP contribution in [0.2, 0.25) is 5.02 Å². The minimum atomic E-state index is -0.716. The van der Waals surface area contributed by atoms with E-state index in [1.54, 1.807) is 6.07 Å². The highest BCUT2D eigenvalue weighted by Crippen LogP contribution is 2.27. The fourth-order valence-electron chi connectivity index (χ4n) is 1.97. The lowest BCUT2D eigenvalue weighted by Gasteiger charge is -2.10. The third kappa shape index (κ3) is 2.47. The molecule has 2 aromatic rings. The molecule has 0 aliphatic rings. The lowest BCUT2D eigenvalue weighted by Crippen LogP contribution is -2.14. The van der Waals surface area contributed by atoms with Crippen molar-refractivity contribution in [1.29, 1.82) is 5.26 Å². The SMILES string of the molecule is COC(=O)c1c(N)c(C#N)cn1-c1ccc(Cl)c(C(N)=O)c1. The van der Waals surface area contributed by atoms with Crippen molar-refractivity contribution in [2.45, 2.75) is 0 Å². The van der Waals surface area contributed by atoms with E-state index in [9.17, 15) is 9.59 Å². The molecule has 0 spiro atoms. The summed E-state index contributed by atoms with van der Waals surface area (Å²) in [7, 11) is 1.20. The molecule has 0 aliphatic carbocycles. The van der Waals surface area contributed by atoms with Crippen LogP contribution in [0, 0.1) is 11.3 Å². The maximum atomic E-state index is 11.9. The van der Waals surface area contributed by atoms with E-state index in [4.69, 9.17) is 28.3 Å². The highest BCUT2D eigenvalue weighted by Gasteiger charge is 2.22. The van der Waals surface area contributed by atoms with E-state index in [2.05, 4.69) is 4.74 Å². The number of nitrogens with two attached hydrogens (primary N) is 2. The van der Waals surface area contributed by atoms with Crippen molar-refractivity contribution in [3.8, 4) is 11.8 Å². The minimum Gasteiger partial charge on any atom is -0.464 e. The van der Waals surface area contributed by atoms with Gasteiger partial charge in [0, 0.05) is 11.9 Å². The van der Waals surface area contributed by atoms with Gasteiger partial charge in [0.15, 0.2) is 5.69 Å². The molecule has 0 radical (unpaired) electrons. The van der Waals surface area contributed by atoms with Crippen molar-refractivity contribution in [3.63, 3.8) is 0 Å². The number of ether oxygens (including phenoxy) is 1. The van der Waals surface area contributed by atoms with Crippen molar-refractivity contribution in [2.24, 2.45) is 5.73 Å². The molecule has 1 amide bonds. The minimum absolute atomic E-state index is 0.00933. The van der Waals surface area contributed by atoms with Crippen LogP contribution in [0.25, 0.3) is 5.69 Å². The van der Waals surface area contributed by atoms with E-state index in [1.807, 2.05) is 6.07 Å². The number of amides is 1. The van der Waals surface area contributed by atoms with Gasteiger partial charge < -0.3 is 20.8 Å². The van der Waals surface area contributed by atoms with E-state index in [-0.39, 0.29) is 27.5 Å². The summed E-state index contributed by atoms with van der Waals surface area (Å²) in [4.78, 5) is 23.3. The highest BCUT2D eigenvalue weighted by atomic mass is 35.5. The van der Waals surface area contributed by atoms with Gasteiger partial charge in [0.2, 0.25) is 5.91 Å². The average Bonchev–Trinajstić information content (AvgIpc) is 2.83. The largest absolute Gasteiger partial charge is 0.464 e. The molecule has 22 heavy (non-hydrogen) atoms. The van der Waals surface area contributed by atoms with Crippen LogP contribution < -0.4 is 11.5 Å². The lowest BCUT2D eigenvalue weighted by atomic mass is 10.2. The zero-order valence-electron chi connectivity index (χ0n) is 11.5. The smallest absolute Gasteiger partial charge is 0.357 e. The number of hydrogen-bond donors (Lipinski definition) is 2. The molecule has 8 heteroatoms. The van der Waals surface area contributed by atoms with Gasteiger partial charge >= 0.3 is 5.97 Å². The van der Waals surface area contributed by atoms with Crippen molar-refractivity contribution in [3.05, 3.63) is 46.2 Å². The van der Waals surface area contributed by atoms with Crippen molar-refractivity contribution in [2.75, 3.05) is 12.8 Å². The standard InChI is InChI=1S/C14H11ClN4O3/c1-22-14(21)12-11(17)7(5-16)6-19(12)8-2-3-10(15)9(4-8)13(18)20/h2-4,6H,17H2,1H3,(H2,18,20). The number of carbonyl (C=O) groups excluding carboxylic acids is 2. The number of carbonyl (C=O) groups is 2. The van der Waals surface area contributed by atoms with E-state index >= 15 is 0 Å². The van der Waals surface area contributed by atoms with Crippen LogP contribution >= 0.6 is 11.6 Å². The molecule has 0 aliphatic heterocycles. The molecule has 0 atom stereocenters. The van der Waals surface area contributed by atoms with E-state index in [1.165, 1.54) is 30.0 Å². The summed E-state index contributed by atoms with van der Waals surface area (Å²) < 4.78 is 6.02. The van der Waals surface area contributed by atoms with Gasteiger partial charge in [-0.25, -0.2) is 4.79 Å².